The lowest BCUT2D eigenvalue weighted by atomic mass is 9.87. The zero-order valence-corrected chi connectivity index (χ0v) is 5.64. The first-order valence-corrected chi connectivity index (χ1v) is 3.62. The zero-order chi connectivity index (χ0) is 6.53. The molecule has 0 aromatic rings. The van der Waals surface area contributed by atoms with Gasteiger partial charge in [0.05, 0.1) is 6.07 Å². The van der Waals surface area contributed by atoms with Gasteiger partial charge in [-0.25, -0.2) is 0 Å². The molecule has 1 aliphatic rings. The maximum absolute atomic E-state index is 8.36. The average Bonchev–Trinajstić information content (AvgIpc) is 1.91. The molecule has 0 aromatic carbocycles. The van der Waals surface area contributed by atoms with Crippen LogP contribution in [-0.2, 0) is 0 Å². The minimum absolute atomic E-state index is 0.708. The Bertz CT molecular complexity index is 106. The molecular weight excluding hydrogens is 110 g/mol. The lowest BCUT2D eigenvalue weighted by molar-refractivity contribution is 0.413. The molecule has 0 aromatic heterocycles. The molecule has 0 spiro atoms. The Morgan fingerprint density at radius 3 is 2.67 bits per heavy atom. The monoisotopic (exact) mass is 122 g/mol. The normalized spacial score (nSPS) is 21.2. The molecule has 1 nitrogen and oxygen atoms in total. The van der Waals surface area contributed by atoms with Crippen molar-refractivity contribution in [3.8, 4) is 6.07 Å². The van der Waals surface area contributed by atoms with Gasteiger partial charge in [0, 0.05) is 6.42 Å². The summed E-state index contributed by atoms with van der Waals surface area (Å²) in [7, 11) is 0. The molecule has 49 valence electrons. The SMILES string of the molecule is N#CCC1CC[CH]CC1. The van der Waals surface area contributed by atoms with Crippen LogP contribution in [0.15, 0.2) is 0 Å². The Morgan fingerprint density at radius 2 is 2.11 bits per heavy atom. The van der Waals surface area contributed by atoms with Gasteiger partial charge in [0.2, 0.25) is 0 Å². The van der Waals surface area contributed by atoms with Gasteiger partial charge in [-0.15, -0.1) is 0 Å². The fourth-order valence-corrected chi connectivity index (χ4v) is 1.33. The van der Waals surface area contributed by atoms with E-state index in [0.29, 0.717) is 5.92 Å². The summed E-state index contributed by atoms with van der Waals surface area (Å²) >= 11 is 0. The summed E-state index contributed by atoms with van der Waals surface area (Å²) < 4.78 is 0. The largest absolute Gasteiger partial charge is 0.198 e. The Morgan fingerprint density at radius 1 is 1.44 bits per heavy atom. The third-order valence-corrected chi connectivity index (χ3v) is 1.94. The van der Waals surface area contributed by atoms with E-state index in [1.807, 2.05) is 0 Å². The molecule has 0 saturated heterocycles. The molecule has 1 saturated carbocycles. The van der Waals surface area contributed by atoms with Crippen molar-refractivity contribution in [2.45, 2.75) is 32.1 Å². The molecular formula is C8H12N. The quantitative estimate of drug-likeness (QED) is 0.523. The Balaban J connectivity index is 2.17. The summed E-state index contributed by atoms with van der Waals surface area (Å²) in [5.41, 5.74) is 0. The fraction of sp³-hybridized carbons (Fsp3) is 0.750. The van der Waals surface area contributed by atoms with Gasteiger partial charge >= 0.3 is 0 Å². The van der Waals surface area contributed by atoms with Crippen molar-refractivity contribution in [3.05, 3.63) is 6.42 Å². The minimum atomic E-state index is 0.708. The Labute approximate surface area is 56.7 Å². The number of nitriles is 1. The van der Waals surface area contributed by atoms with Crippen molar-refractivity contribution in [3.63, 3.8) is 0 Å². The first-order chi connectivity index (χ1) is 4.43. The minimum Gasteiger partial charge on any atom is -0.198 e. The molecule has 0 bridgehead atoms. The predicted octanol–water partition coefficient (Wildman–Crippen LogP) is 2.29. The first-order valence-electron chi connectivity index (χ1n) is 3.62. The Hall–Kier alpha value is -0.510. The summed E-state index contributed by atoms with van der Waals surface area (Å²) in [4.78, 5) is 0. The van der Waals surface area contributed by atoms with Gasteiger partial charge in [0.1, 0.15) is 0 Å². The third kappa shape index (κ3) is 2.05. The number of rotatable bonds is 1. The molecule has 0 amide bonds. The highest BCUT2D eigenvalue weighted by molar-refractivity contribution is 4.82. The zero-order valence-electron chi connectivity index (χ0n) is 5.64. The van der Waals surface area contributed by atoms with Gasteiger partial charge in [0.15, 0.2) is 0 Å². The highest BCUT2D eigenvalue weighted by Crippen LogP contribution is 2.24. The van der Waals surface area contributed by atoms with Gasteiger partial charge < -0.3 is 0 Å². The van der Waals surface area contributed by atoms with Crippen molar-refractivity contribution < 1.29 is 0 Å². The molecule has 0 N–H and O–H groups in total. The van der Waals surface area contributed by atoms with Gasteiger partial charge in [-0.1, -0.05) is 0 Å². The first kappa shape index (κ1) is 6.61. The second kappa shape index (κ2) is 3.50. The van der Waals surface area contributed by atoms with E-state index in [1.54, 1.807) is 0 Å². The summed E-state index contributed by atoms with van der Waals surface area (Å²) in [6.07, 6.45) is 8.04. The maximum Gasteiger partial charge on any atom is 0.0624 e. The van der Waals surface area contributed by atoms with Crippen LogP contribution in [0, 0.1) is 23.7 Å². The molecule has 1 aliphatic carbocycles. The van der Waals surface area contributed by atoms with Crippen LogP contribution in [0.4, 0.5) is 0 Å². The van der Waals surface area contributed by atoms with Crippen molar-refractivity contribution >= 4 is 0 Å². The van der Waals surface area contributed by atoms with Crippen molar-refractivity contribution in [1.82, 2.24) is 0 Å². The molecule has 1 heteroatoms. The van der Waals surface area contributed by atoms with E-state index in [2.05, 4.69) is 12.5 Å². The van der Waals surface area contributed by atoms with E-state index in [0.717, 1.165) is 6.42 Å². The number of hydrogen-bond donors (Lipinski definition) is 0. The van der Waals surface area contributed by atoms with Crippen LogP contribution in [0.25, 0.3) is 0 Å². The molecule has 1 radical (unpaired) electrons. The van der Waals surface area contributed by atoms with Crippen LogP contribution in [0.5, 0.6) is 0 Å². The van der Waals surface area contributed by atoms with Crippen LogP contribution < -0.4 is 0 Å². The molecule has 0 atom stereocenters. The third-order valence-electron chi connectivity index (χ3n) is 1.94. The second-order valence-electron chi connectivity index (χ2n) is 2.67. The topological polar surface area (TPSA) is 23.8 Å². The van der Waals surface area contributed by atoms with Crippen molar-refractivity contribution in [2.75, 3.05) is 0 Å². The van der Waals surface area contributed by atoms with Crippen LogP contribution in [0.2, 0.25) is 0 Å². The van der Waals surface area contributed by atoms with E-state index in [4.69, 9.17) is 5.26 Å². The van der Waals surface area contributed by atoms with Crippen molar-refractivity contribution in [2.24, 2.45) is 5.92 Å². The number of nitrogens with zero attached hydrogens (tertiary/aromatic N) is 1. The van der Waals surface area contributed by atoms with Crippen LogP contribution in [0.1, 0.15) is 32.1 Å². The highest BCUT2D eigenvalue weighted by atomic mass is 14.3. The van der Waals surface area contributed by atoms with Gasteiger partial charge in [-0.3, -0.25) is 0 Å². The Kier molecular flexibility index (Phi) is 2.57. The smallest absolute Gasteiger partial charge is 0.0624 e. The fourth-order valence-electron chi connectivity index (χ4n) is 1.33. The standard InChI is InChI=1S/C8H12N/c9-7-6-8-4-2-1-3-5-8/h1,8H,2-6H2. The lowest BCUT2D eigenvalue weighted by Gasteiger charge is -2.17. The van der Waals surface area contributed by atoms with Crippen LogP contribution in [0.3, 0.4) is 0 Å². The second-order valence-corrected chi connectivity index (χ2v) is 2.67. The molecule has 0 unspecified atom stereocenters. The van der Waals surface area contributed by atoms with Crippen molar-refractivity contribution in [1.29, 1.82) is 5.26 Å². The molecule has 1 fully saturated rings. The lowest BCUT2D eigenvalue weighted by Crippen LogP contribution is -2.04. The van der Waals surface area contributed by atoms with E-state index in [9.17, 15) is 0 Å². The van der Waals surface area contributed by atoms with Gasteiger partial charge in [-0.05, 0) is 38.0 Å². The van der Waals surface area contributed by atoms with E-state index < -0.39 is 0 Å². The van der Waals surface area contributed by atoms with E-state index in [1.165, 1.54) is 25.7 Å². The van der Waals surface area contributed by atoms with E-state index >= 15 is 0 Å². The summed E-state index contributed by atoms with van der Waals surface area (Å²) in [6.45, 7) is 0. The van der Waals surface area contributed by atoms with E-state index in [-0.39, 0.29) is 0 Å². The average molecular weight is 122 g/mol. The number of hydrogen-bond acceptors (Lipinski definition) is 1. The molecule has 0 aliphatic heterocycles. The molecule has 1 rings (SSSR count). The summed E-state index contributed by atoms with van der Waals surface area (Å²) in [5.74, 6) is 0.708. The highest BCUT2D eigenvalue weighted by Gasteiger charge is 2.11. The summed E-state index contributed by atoms with van der Waals surface area (Å²) in [6, 6.07) is 2.22. The van der Waals surface area contributed by atoms with Gasteiger partial charge in [0.25, 0.3) is 0 Å². The van der Waals surface area contributed by atoms with Crippen LogP contribution >= 0.6 is 0 Å². The maximum atomic E-state index is 8.36. The predicted molar refractivity (Wildman–Crippen MR) is 36.5 cm³/mol. The van der Waals surface area contributed by atoms with Crippen LogP contribution in [-0.4, -0.2) is 0 Å². The van der Waals surface area contributed by atoms with Gasteiger partial charge in [-0.2, -0.15) is 5.26 Å². The summed E-state index contributed by atoms with van der Waals surface area (Å²) in [5, 5.41) is 8.36. The molecule has 9 heavy (non-hydrogen) atoms. The molecule has 0 heterocycles.